The second kappa shape index (κ2) is 20.9. The minimum atomic E-state index is -0.302. The second-order valence-electron chi connectivity index (χ2n) is 30.1. The van der Waals surface area contributed by atoms with Crippen LogP contribution in [0.2, 0.25) is 0 Å². The van der Waals surface area contributed by atoms with E-state index in [1.54, 1.807) is 0 Å². The number of allylic oxidation sites excluding steroid dienone is 4. The first-order valence-electron chi connectivity index (χ1n) is 25.6. The normalized spacial score (nSPS) is 27.2. The van der Waals surface area contributed by atoms with Crippen molar-refractivity contribution in [3.8, 4) is 18.2 Å². The summed E-state index contributed by atoms with van der Waals surface area (Å²) in [6, 6.07) is 7.33. The summed E-state index contributed by atoms with van der Waals surface area (Å²) in [4.78, 5) is 0. The Labute approximate surface area is 401 Å². The van der Waals surface area contributed by atoms with Crippen LogP contribution in [0.5, 0.6) is 0 Å². The molecular weight excluding hydrogens is 775 g/mol. The van der Waals surface area contributed by atoms with Crippen molar-refractivity contribution in [2.45, 2.75) is 256 Å². The second-order valence-corrected chi connectivity index (χ2v) is 30.1. The highest BCUT2D eigenvalue weighted by Crippen LogP contribution is 2.62. The molecule has 0 saturated heterocycles. The Hall–Kier alpha value is -2.31. The Morgan fingerprint density at radius 1 is 0.562 bits per heavy atom. The highest BCUT2D eigenvalue weighted by Gasteiger charge is 2.54. The average molecular weight is 883 g/mol. The lowest BCUT2D eigenvalue weighted by Gasteiger charge is -2.55. The molecule has 3 unspecified atom stereocenters. The molecule has 3 atom stereocenters. The molecule has 4 rings (SSSR count). The van der Waals surface area contributed by atoms with Crippen LogP contribution in [0.15, 0.2) is 36.5 Å². The lowest BCUT2D eigenvalue weighted by atomic mass is 9.48. The minimum absolute atomic E-state index is 0.0706. The van der Waals surface area contributed by atoms with E-state index < -0.39 is 0 Å². The molecule has 0 radical (unpaired) electrons. The SMILES string of the molecule is C=CCC(C)(C#N)C1(C)CC(C)(C)CC(C)(C)C1.C=CCC(CC)C1(C)CC(C)(C)CC(C)(C)C1.CC(C#N)=C1CC(C)(C)CC(C)(C)C1.CC(C#N)C1(C)CC(C)(C)CC(C)(C)C1. The Morgan fingerprint density at radius 2 is 0.906 bits per heavy atom. The zero-order chi connectivity index (χ0) is 50.5. The maximum atomic E-state index is 9.68. The summed E-state index contributed by atoms with van der Waals surface area (Å²) in [7, 11) is 0. The van der Waals surface area contributed by atoms with Gasteiger partial charge in [0.05, 0.1) is 23.6 Å². The van der Waals surface area contributed by atoms with Gasteiger partial charge in [0.15, 0.2) is 0 Å². The van der Waals surface area contributed by atoms with Gasteiger partial charge >= 0.3 is 0 Å². The summed E-state index contributed by atoms with van der Waals surface area (Å²) < 4.78 is 0. The van der Waals surface area contributed by atoms with Gasteiger partial charge in [-0.15, -0.1) is 13.2 Å². The van der Waals surface area contributed by atoms with Gasteiger partial charge in [0, 0.05) is 11.5 Å². The molecule has 0 bridgehead atoms. The molecule has 4 fully saturated rings. The van der Waals surface area contributed by atoms with Gasteiger partial charge in [0.1, 0.15) is 0 Å². The van der Waals surface area contributed by atoms with Crippen molar-refractivity contribution < 1.29 is 0 Å². The van der Waals surface area contributed by atoms with E-state index in [4.69, 9.17) is 10.5 Å². The van der Waals surface area contributed by atoms with Crippen LogP contribution in [-0.4, -0.2) is 0 Å². The maximum absolute atomic E-state index is 9.68. The Kier molecular flexibility index (Phi) is 19.5. The van der Waals surface area contributed by atoms with E-state index in [2.05, 4.69) is 190 Å². The number of rotatable bonds is 8. The fraction of sp³-hybridized carbons (Fsp3) is 0.852. The van der Waals surface area contributed by atoms with Gasteiger partial charge in [0.25, 0.3) is 0 Å². The van der Waals surface area contributed by atoms with E-state index in [9.17, 15) is 5.26 Å². The lowest BCUT2D eigenvalue weighted by molar-refractivity contribution is -0.0483. The van der Waals surface area contributed by atoms with E-state index >= 15 is 0 Å². The van der Waals surface area contributed by atoms with E-state index in [1.165, 1.54) is 69.8 Å². The maximum Gasteiger partial charge on any atom is 0.0943 e. The van der Waals surface area contributed by atoms with Gasteiger partial charge in [-0.25, -0.2) is 0 Å². The van der Waals surface area contributed by atoms with Crippen molar-refractivity contribution in [2.75, 3.05) is 0 Å². The number of hydrogen-bond donors (Lipinski definition) is 0. The molecule has 0 aliphatic heterocycles. The largest absolute Gasteiger partial charge is 0.198 e. The summed E-state index contributed by atoms with van der Waals surface area (Å²) in [5.41, 5.74) is 5.84. The Balaban J connectivity index is 0.000000429. The van der Waals surface area contributed by atoms with Gasteiger partial charge in [-0.1, -0.05) is 163 Å². The van der Waals surface area contributed by atoms with Crippen LogP contribution in [0.4, 0.5) is 0 Å². The van der Waals surface area contributed by atoms with E-state index in [0.29, 0.717) is 48.7 Å². The molecule has 0 aromatic heterocycles. The molecule has 64 heavy (non-hydrogen) atoms. The molecule has 366 valence electrons. The van der Waals surface area contributed by atoms with Gasteiger partial charge < -0.3 is 0 Å². The molecule has 3 heteroatoms. The van der Waals surface area contributed by atoms with Crippen molar-refractivity contribution >= 4 is 0 Å². The van der Waals surface area contributed by atoms with Crippen LogP contribution in [0.1, 0.15) is 256 Å². The topological polar surface area (TPSA) is 71.4 Å². The molecule has 3 nitrogen and oxygen atoms in total. The summed E-state index contributed by atoms with van der Waals surface area (Å²) in [5.74, 6) is 0.968. The predicted octanol–water partition coefficient (Wildman–Crippen LogP) is 19.6. The molecule has 0 spiro atoms. The average Bonchev–Trinajstić information content (AvgIpc) is 3.04. The Morgan fingerprint density at radius 3 is 1.20 bits per heavy atom. The predicted molar refractivity (Wildman–Crippen MR) is 280 cm³/mol. The third-order valence-electron chi connectivity index (χ3n) is 16.5. The molecule has 4 aliphatic carbocycles. The molecule has 4 aliphatic rings. The van der Waals surface area contributed by atoms with Crippen molar-refractivity contribution in [1.82, 2.24) is 0 Å². The molecule has 0 amide bonds. The third kappa shape index (κ3) is 17.4. The fourth-order valence-electron chi connectivity index (χ4n) is 16.9. The van der Waals surface area contributed by atoms with Gasteiger partial charge in [-0.2, -0.15) is 15.8 Å². The molecular formula is C61H107N3. The van der Waals surface area contributed by atoms with Gasteiger partial charge in [-0.3, -0.25) is 0 Å². The summed E-state index contributed by atoms with van der Waals surface area (Å²) >= 11 is 0. The van der Waals surface area contributed by atoms with Crippen LogP contribution in [0.25, 0.3) is 0 Å². The lowest BCUT2D eigenvalue weighted by Crippen LogP contribution is -2.48. The summed E-state index contributed by atoms with van der Waals surface area (Å²) in [6.07, 6.45) is 21.9. The minimum Gasteiger partial charge on any atom is -0.198 e. The molecule has 0 aromatic carbocycles. The van der Waals surface area contributed by atoms with Gasteiger partial charge in [-0.05, 0) is 176 Å². The van der Waals surface area contributed by atoms with Crippen LogP contribution in [0, 0.1) is 111 Å². The first-order chi connectivity index (χ1) is 28.5. The van der Waals surface area contributed by atoms with Crippen LogP contribution in [0.3, 0.4) is 0 Å². The van der Waals surface area contributed by atoms with E-state index in [0.717, 1.165) is 43.6 Å². The molecule has 0 heterocycles. The first kappa shape index (κ1) is 59.7. The summed E-state index contributed by atoms with van der Waals surface area (Å²) in [6.45, 7) is 61.2. The Bertz CT molecular complexity index is 1660. The number of nitrogens with zero attached hydrogens (tertiary/aromatic N) is 3. The highest BCUT2D eigenvalue weighted by atomic mass is 14.6. The molecule has 4 saturated carbocycles. The number of hydrogen-bond acceptors (Lipinski definition) is 3. The van der Waals surface area contributed by atoms with Crippen LogP contribution >= 0.6 is 0 Å². The quantitative estimate of drug-likeness (QED) is 0.180. The van der Waals surface area contributed by atoms with Crippen molar-refractivity contribution in [2.24, 2.45) is 76.8 Å². The zero-order valence-electron chi connectivity index (χ0n) is 47.2. The first-order valence-corrected chi connectivity index (χ1v) is 25.6. The molecule has 0 aromatic rings. The van der Waals surface area contributed by atoms with Gasteiger partial charge in [0.2, 0.25) is 0 Å². The molecule has 0 N–H and O–H groups in total. The standard InChI is InChI=1S/C17H29N.C17H32.C14H25N.C13H21N/c1-8-9-16(6,13-18)17(7)11-14(2,3)10-15(4,5)12-17;1-8-10-14(9-2)17(7)12-15(3,4)11-16(5,6)13-17;1-11(7-15)14(6)9-12(2,3)8-13(4,5)10-14;1-10(8-14)11-6-12(2,3)9-13(4,5)7-11/h8H,1,9-12H2,2-7H3;8,14H,1,9-13H2,2-7H3;11H,8-10H2,1-6H3;6-7,9H2,1-5H3. The van der Waals surface area contributed by atoms with Crippen molar-refractivity contribution in [1.29, 1.82) is 15.8 Å². The fourth-order valence-corrected chi connectivity index (χ4v) is 16.9. The highest BCUT2D eigenvalue weighted by molar-refractivity contribution is 5.28. The third-order valence-corrected chi connectivity index (χ3v) is 16.5. The number of nitriles is 3. The van der Waals surface area contributed by atoms with Crippen molar-refractivity contribution in [3.05, 3.63) is 36.5 Å². The van der Waals surface area contributed by atoms with Crippen LogP contribution < -0.4 is 0 Å². The van der Waals surface area contributed by atoms with Crippen molar-refractivity contribution in [3.63, 3.8) is 0 Å². The van der Waals surface area contributed by atoms with E-state index in [-0.39, 0.29) is 22.2 Å². The zero-order valence-corrected chi connectivity index (χ0v) is 47.2. The smallest absolute Gasteiger partial charge is 0.0943 e. The monoisotopic (exact) mass is 882 g/mol. The summed E-state index contributed by atoms with van der Waals surface area (Å²) in [5, 5.41) is 27.7. The van der Waals surface area contributed by atoms with Crippen LogP contribution in [-0.2, 0) is 0 Å². The van der Waals surface area contributed by atoms with E-state index in [1.807, 2.05) is 13.0 Å².